The Bertz CT molecular complexity index is 894. The second-order valence-corrected chi connectivity index (χ2v) is 6.89. The van der Waals surface area contributed by atoms with Crippen molar-refractivity contribution in [1.82, 2.24) is 5.32 Å². The molecule has 1 amide bonds. The van der Waals surface area contributed by atoms with Crippen LogP contribution in [0.4, 0.5) is 0 Å². The maximum Gasteiger partial charge on any atom is 0.305 e. The van der Waals surface area contributed by atoms with E-state index in [0.717, 1.165) is 24.0 Å². The third-order valence-electron chi connectivity index (χ3n) is 4.57. The lowest BCUT2D eigenvalue weighted by molar-refractivity contribution is -0.137. The van der Waals surface area contributed by atoms with Gasteiger partial charge in [-0.15, -0.1) is 0 Å². The topological polar surface area (TPSA) is 143 Å². The van der Waals surface area contributed by atoms with Crippen molar-refractivity contribution in [3.63, 3.8) is 0 Å². The lowest BCUT2D eigenvalue weighted by atomic mass is 10.0. The predicted octanol–water partition coefficient (Wildman–Crippen LogP) is 2.32. The van der Waals surface area contributed by atoms with Crippen molar-refractivity contribution in [3.8, 4) is 0 Å². The number of carbonyl (C=O) groups is 2. The Morgan fingerprint density at radius 2 is 1.70 bits per heavy atom. The van der Waals surface area contributed by atoms with Gasteiger partial charge in [0.05, 0.1) is 24.9 Å². The summed E-state index contributed by atoms with van der Waals surface area (Å²) in [6.45, 7) is 0. The standard InChI is InChI=1S/C22H27N5O3/c23-25-14-17-10-8-16(9-11-17)4-1-2-7-21(28)27-20(13-22(29)30)19-6-3-5-18(12-19)15-26-24/h3,5-6,8-12,14-15,20H,1-2,4,7,13,23-24H2,(H,27,28)(H,29,30). The molecule has 0 bridgehead atoms. The number of aliphatic carboxylic acids is 1. The van der Waals surface area contributed by atoms with E-state index < -0.39 is 12.0 Å². The molecule has 0 aliphatic rings. The number of benzene rings is 2. The molecule has 0 radical (unpaired) electrons. The number of hydrazone groups is 2. The molecule has 30 heavy (non-hydrogen) atoms. The van der Waals surface area contributed by atoms with Gasteiger partial charge in [0, 0.05) is 6.42 Å². The van der Waals surface area contributed by atoms with Crippen molar-refractivity contribution in [2.75, 3.05) is 0 Å². The third-order valence-corrected chi connectivity index (χ3v) is 4.57. The number of carbonyl (C=O) groups excluding carboxylic acids is 1. The average Bonchev–Trinajstić information content (AvgIpc) is 2.72. The van der Waals surface area contributed by atoms with Gasteiger partial charge in [-0.1, -0.05) is 42.5 Å². The first-order chi connectivity index (χ1) is 14.5. The molecule has 0 saturated carbocycles. The van der Waals surface area contributed by atoms with Gasteiger partial charge in [-0.25, -0.2) is 0 Å². The van der Waals surface area contributed by atoms with Gasteiger partial charge in [-0.2, -0.15) is 10.2 Å². The van der Waals surface area contributed by atoms with Crippen LogP contribution >= 0.6 is 0 Å². The molecule has 2 aromatic rings. The number of amides is 1. The third kappa shape index (κ3) is 7.75. The molecule has 0 aliphatic heterocycles. The van der Waals surface area contributed by atoms with Crippen LogP contribution < -0.4 is 17.0 Å². The van der Waals surface area contributed by atoms with E-state index in [2.05, 4.69) is 15.5 Å². The van der Waals surface area contributed by atoms with E-state index in [4.69, 9.17) is 11.7 Å². The number of nitrogens with zero attached hydrogens (tertiary/aromatic N) is 2. The molecule has 0 heterocycles. The molecule has 0 aliphatic carbocycles. The largest absolute Gasteiger partial charge is 0.481 e. The minimum atomic E-state index is -0.985. The van der Waals surface area contributed by atoms with E-state index in [1.165, 1.54) is 11.8 Å². The number of aryl methyl sites for hydroxylation is 1. The molecule has 0 fully saturated rings. The molecular formula is C22H27N5O3. The van der Waals surface area contributed by atoms with Gasteiger partial charge in [-0.3, -0.25) is 9.59 Å². The summed E-state index contributed by atoms with van der Waals surface area (Å²) in [4.78, 5) is 23.6. The van der Waals surface area contributed by atoms with E-state index >= 15 is 0 Å². The van der Waals surface area contributed by atoms with Crippen LogP contribution in [0.5, 0.6) is 0 Å². The summed E-state index contributed by atoms with van der Waals surface area (Å²) < 4.78 is 0. The van der Waals surface area contributed by atoms with Crippen LogP contribution in [0.25, 0.3) is 0 Å². The second kappa shape index (κ2) is 12.0. The first-order valence-electron chi connectivity index (χ1n) is 9.68. The highest BCUT2D eigenvalue weighted by atomic mass is 16.4. The van der Waals surface area contributed by atoms with Crippen LogP contribution in [-0.2, 0) is 16.0 Å². The van der Waals surface area contributed by atoms with E-state index in [9.17, 15) is 14.7 Å². The lowest BCUT2D eigenvalue weighted by Gasteiger charge is -2.18. The Morgan fingerprint density at radius 3 is 2.37 bits per heavy atom. The van der Waals surface area contributed by atoms with Crippen LogP contribution in [0.2, 0.25) is 0 Å². The van der Waals surface area contributed by atoms with Gasteiger partial charge in [0.25, 0.3) is 0 Å². The highest BCUT2D eigenvalue weighted by Gasteiger charge is 2.18. The van der Waals surface area contributed by atoms with Crippen LogP contribution in [0.1, 0.15) is 54.0 Å². The Kier molecular flexibility index (Phi) is 9.05. The number of rotatable bonds is 11. The summed E-state index contributed by atoms with van der Waals surface area (Å²) in [5.74, 6) is 9.15. The molecule has 2 aromatic carbocycles. The van der Waals surface area contributed by atoms with E-state index in [1.54, 1.807) is 30.5 Å². The van der Waals surface area contributed by atoms with Crippen LogP contribution in [0, 0.1) is 0 Å². The molecule has 1 unspecified atom stereocenters. The Hall–Kier alpha value is -3.68. The predicted molar refractivity (Wildman–Crippen MR) is 117 cm³/mol. The summed E-state index contributed by atoms with van der Waals surface area (Å²) in [5, 5.41) is 19.0. The Labute approximate surface area is 175 Å². The zero-order valence-electron chi connectivity index (χ0n) is 16.7. The van der Waals surface area contributed by atoms with Crippen LogP contribution in [0.15, 0.2) is 58.7 Å². The number of hydrogen-bond acceptors (Lipinski definition) is 6. The van der Waals surface area contributed by atoms with E-state index in [0.29, 0.717) is 18.4 Å². The average molecular weight is 409 g/mol. The number of nitrogens with two attached hydrogens (primary N) is 2. The first kappa shape index (κ1) is 22.6. The smallest absolute Gasteiger partial charge is 0.305 e. The maximum absolute atomic E-state index is 12.4. The molecule has 0 saturated heterocycles. The zero-order valence-corrected chi connectivity index (χ0v) is 16.7. The fourth-order valence-corrected chi connectivity index (χ4v) is 3.11. The van der Waals surface area contributed by atoms with E-state index in [-0.39, 0.29) is 12.3 Å². The number of carboxylic acid groups (broad SMARTS) is 1. The molecular weight excluding hydrogens is 382 g/mol. The van der Waals surface area contributed by atoms with Gasteiger partial charge >= 0.3 is 5.97 Å². The van der Waals surface area contributed by atoms with Gasteiger partial charge in [0.15, 0.2) is 0 Å². The quantitative estimate of drug-likeness (QED) is 0.195. The molecule has 6 N–H and O–H groups in total. The minimum absolute atomic E-state index is 0.173. The van der Waals surface area contributed by atoms with Gasteiger partial charge in [0.2, 0.25) is 5.91 Å². The lowest BCUT2D eigenvalue weighted by Crippen LogP contribution is -2.30. The summed E-state index contributed by atoms with van der Waals surface area (Å²) in [5.41, 5.74) is 3.55. The summed E-state index contributed by atoms with van der Waals surface area (Å²) >= 11 is 0. The van der Waals surface area contributed by atoms with Crippen molar-refractivity contribution in [2.45, 2.75) is 38.1 Å². The van der Waals surface area contributed by atoms with Crippen LogP contribution in [-0.4, -0.2) is 29.4 Å². The van der Waals surface area contributed by atoms with Gasteiger partial charge < -0.3 is 22.1 Å². The fourth-order valence-electron chi connectivity index (χ4n) is 3.11. The summed E-state index contributed by atoms with van der Waals surface area (Å²) in [6.07, 6.45) is 5.59. The maximum atomic E-state index is 12.4. The second-order valence-electron chi connectivity index (χ2n) is 6.89. The van der Waals surface area contributed by atoms with Gasteiger partial charge in [0.1, 0.15) is 0 Å². The molecule has 8 nitrogen and oxygen atoms in total. The molecule has 8 heteroatoms. The Morgan fingerprint density at radius 1 is 1.00 bits per heavy atom. The van der Waals surface area contributed by atoms with Gasteiger partial charge in [-0.05, 0) is 47.6 Å². The molecule has 2 rings (SSSR count). The molecule has 1 atom stereocenters. The van der Waals surface area contributed by atoms with E-state index in [1.807, 2.05) is 24.3 Å². The van der Waals surface area contributed by atoms with Crippen molar-refractivity contribution in [3.05, 3.63) is 70.8 Å². The van der Waals surface area contributed by atoms with Crippen molar-refractivity contribution in [1.29, 1.82) is 0 Å². The minimum Gasteiger partial charge on any atom is -0.481 e. The van der Waals surface area contributed by atoms with Crippen LogP contribution in [0.3, 0.4) is 0 Å². The van der Waals surface area contributed by atoms with Crippen molar-refractivity contribution < 1.29 is 14.7 Å². The zero-order chi connectivity index (χ0) is 21.8. The summed E-state index contributed by atoms with van der Waals surface area (Å²) in [7, 11) is 0. The summed E-state index contributed by atoms with van der Waals surface area (Å²) in [6, 6.07) is 14.4. The normalized spacial score (nSPS) is 12.3. The number of carboxylic acids is 1. The SMILES string of the molecule is NN=Cc1ccc(CCCCC(=O)NC(CC(=O)O)c2cccc(C=NN)c2)cc1. The highest BCUT2D eigenvalue weighted by molar-refractivity contribution is 5.81. The monoisotopic (exact) mass is 409 g/mol. The van der Waals surface area contributed by atoms with Crippen molar-refractivity contribution >= 4 is 24.3 Å². The van der Waals surface area contributed by atoms with Crippen molar-refractivity contribution in [2.24, 2.45) is 21.9 Å². The fraction of sp³-hybridized carbons (Fsp3) is 0.273. The number of nitrogens with one attached hydrogen (secondary N) is 1. The highest BCUT2D eigenvalue weighted by Crippen LogP contribution is 2.19. The number of hydrogen-bond donors (Lipinski definition) is 4. The molecule has 0 aromatic heterocycles. The molecule has 158 valence electrons. The first-order valence-corrected chi connectivity index (χ1v) is 9.68. The number of unbranched alkanes of at least 4 members (excludes halogenated alkanes) is 1. The molecule has 0 spiro atoms. The Balaban J connectivity index is 1.86.